The van der Waals surface area contributed by atoms with Gasteiger partial charge in [-0.05, 0) is 73.6 Å². The van der Waals surface area contributed by atoms with E-state index < -0.39 is 0 Å². The molecule has 1 aliphatic rings. The summed E-state index contributed by atoms with van der Waals surface area (Å²) < 4.78 is 5.23. The second-order valence-corrected chi connectivity index (χ2v) is 9.07. The predicted molar refractivity (Wildman–Crippen MR) is 133 cm³/mol. The fraction of sp³-hybridized carbons (Fsp3) is 0.440. The van der Waals surface area contributed by atoms with Gasteiger partial charge in [0.1, 0.15) is 11.4 Å². The van der Waals surface area contributed by atoms with Crippen LogP contribution in [0.4, 0.5) is 0 Å². The molecule has 11 nitrogen and oxygen atoms in total. The molecule has 11 heteroatoms. The van der Waals surface area contributed by atoms with Gasteiger partial charge in [0.2, 0.25) is 11.7 Å². The minimum Gasteiger partial charge on any atom is -0.497 e. The Bertz CT molecular complexity index is 1200. The number of amides is 2. The number of hydrogen-bond donors (Lipinski definition) is 3. The fourth-order valence-electron chi connectivity index (χ4n) is 4.41. The first-order chi connectivity index (χ1) is 17.4. The zero-order valence-corrected chi connectivity index (χ0v) is 20.6. The molecule has 1 saturated carbocycles. The molecule has 0 unspecified atom stereocenters. The average Bonchev–Trinajstić information content (AvgIpc) is 3.36. The molecular weight excluding hydrogens is 460 g/mol. The first-order valence-corrected chi connectivity index (χ1v) is 12.1. The summed E-state index contributed by atoms with van der Waals surface area (Å²) in [5.74, 6) is 1.20. The van der Waals surface area contributed by atoms with Crippen molar-refractivity contribution in [1.82, 2.24) is 35.8 Å². The number of nitrogens with one attached hydrogen (secondary N) is 2. The van der Waals surface area contributed by atoms with Crippen LogP contribution in [-0.2, 0) is 17.9 Å². The number of hydrogen-bond acceptors (Lipinski definition) is 8. The molecule has 4 rings (SSSR count). The van der Waals surface area contributed by atoms with Gasteiger partial charge >= 0.3 is 0 Å². The van der Waals surface area contributed by atoms with Crippen molar-refractivity contribution in [3.63, 3.8) is 0 Å². The third kappa shape index (κ3) is 6.63. The maximum atomic E-state index is 12.8. The van der Waals surface area contributed by atoms with E-state index in [1.165, 1.54) is 0 Å². The summed E-state index contributed by atoms with van der Waals surface area (Å²) in [6, 6.07) is 11.2. The van der Waals surface area contributed by atoms with Crippen molar-refractivity contribution in [3.8, 4) is 17.1 Å². The number of nitrogens with two attached hydrogens (primary N) is 1. The number of tetrazole rings is 1. The molecule has 0 spiro atoms. The van der Waals surface area contributed by atoms with Crippen LogP contribution in [-0.4, -0.2) is 56.7 Å². The van der Waals surface area contributed by atoms with Gasteiger partial charge in [-0.3, -0.25) is 9.59 Å². The van der Waals surface area contributed by atoms with Crippen LogP contribution in [0.2, 0.25) is 0 Å². The third-order valence-corrected chi connectivity index (χ3v) is 6.30. The lowest BCUT2D eigenvalue weighted by molar-refractivity contribution is -0.120. The zero-order chi connectivity index (χ0) is 25.5. The van der Waals surface area contributed by atoms with Gasteiger partial charge in [-0.15, -0.1) is 10.2 Å². The molecule has 2 heterocycles. The number of methoxy groups -OCH3 is 1. The van der Waals surface area contributed by atoms with Gasteiger partial charge < -0.3 is 21.1 Å². The molecule has 0 saturated heterocycles. The van der Waals surface area contributed by atoms with E-state index in [1.54, 1.807) is 18.0 Å². The third-order valence-electron chi connectivity index (χ3n) is 6.30. The maximum absolute atomic E-state index is 12.8. The second kappa shape index (κ2) is 11.7. The van der Waals surface area contributed by atoms with Crippen molar-refractivity contribution in [2.45, 2.75) is 51.7 Å². The Morgan fingerprint density at radius 2 is 1.97 bits per heavy atom. The van der Waals surface area contributed by atoms with Crippen molar-refractivity contribution in [2.75, 3.05) is 13.7 Å². The number of nitrogens with zero attached hydrogens (tertiary/aromatic N) is 5. The highest BCUT2D eigenvalue weighted by atomic mass is 16.5. The Labute approximate surface area is 209 Å². The molecule has 0 bridgehead atoms. The lowest BCUT2D eigenvalue weighted by atomic mass is 9.86. The van der Waals surface area contributed by atoms with Gasteiger partial charge in [-0.25, -0.2) is 4.98 Å². The highest BCUT2D eigenvalue weighted by molar-refractivity contribution is 5.93. The van der Waals surface area contributed by atoms with Gasteiger partial charge in [0.25, 0.3) is 5.91 Å². The van der Waals surface area contributed by atoms with E-state index >= 15 is 0 Å². The van der Waals surface area contributed by atoms with E-state index in [1.807, 2.05) is 37.3 Å². The fourth-order valence-corrected chi connectivity index (χ4v) is 4.41. The van der Waals surface area contributed by atoms with Gasteiger partial charge in [0, 0.05) is 23.8 Å². The van der Waals surface area contributed by atoms with Gasteiger partial charge in [-0.2, -0.15) is 4.80 Å². The van der Waals surface area contributed by atoms with Crippen molar-refractivity contribution in [1.29, 1.82) is 0 Å². The number of ether oxygens (including phenoxy) is 1. The van der Waals surface area contributed by atoms with Crippen LogP contribution in [0, 0.1) is 12.8 Å². The Morgan fingerprint density at radius 1 is 1.17 bits per heavy atom. The Hall–Kier alpha value is -3.86. The first kappa shape index (κ1) is 25.2. The van der Waals surface area contributed by atoms with Gasteiger partial charge in [0.15, 0.2) is 0 Å². The number of carbonyl (C=O) groups excluding carboxylic acids is 2. The van der Waals surface area contributed by atoms with Crippen LogP contribution in [0.15, 0.2) is 36.4 Å². The van der Waals surface area contributed by atoms with Crippen molar-refractivity contribution >= 4 is 11.8 Å². The number of carbonyl (C=O) groups is 2. The molecule has 2 aromatic heterocycles. The van der Waals surface area contributed by atoms with E-state index in [4.69, 9.17) is 10.5 Å². The second-order valence-electron chi connectivity index (χ2n) is 9.07. The van der Waals surface area contributed by atoms with Crippen LogP contribution in [0.5, 0.6) is 5.75 Å². The van der Waals surface area contributed by atoms with Crippen LogP contribution in [0.3, 0.4) is 0 Å². The molecule has 2 amide bonds. The molecule has 36 heavy (non-hydrogen) atoms. The van der Waals surface area contributed by atoms with E-state index in [2.05, 4.69) is 31.0 Å². The normalized spacial score (nSPS) is 17.4. The molecule has 0 atom stereocenters. The molecular formula is C25H32N8O3. The number of benzene rings is 1. The largest absolute Gasteiger partial charge is 0.497 e. The lowest BCUT2D eigenvalue weighted by Gasteiger charge is -2.28. The topological polar surface area (TPSA) is 150 Å². The highest BCUT2D eigenvalue weighted by Crippen LogP contribution is 2.26. The maximum Gasteiger partial charge on any atom is 0.270 e. The van der Waals surface area contributed by atoms with E-state index in [0.717, 1.165) is 37.0 Å². The quantitative estimate of drug-likeness (QED) is 0.408. The predicted octanol–water partition coefficient (Wildman–Crippen LogP) is 1.62. The Balaban J connectivity index is 1.36. The summed E-state index contributed by atoms with van der Waals surface area (Å²) in [5, 5.41) is 18.8. The summed E-state index contributed by atoms with van der Waals surface area (Å²) >= 11 is 0. The van der Waals surface area contributed by atoms with Crippen molar-refractivity contribution < 1.29 is 14.3 Å². The lowest BCUT2D eigenvalue weighted by Crippen LogP contribution is -2.41. The summed E-state index contributed by atoms with van der Waals surface area (Å²) in [7, 11) is 1.61. The minimum absolute atomic E-state index is 0.0195. The van der Waals surface area contributed by atoms with Crippen LogP contribution >= 0.6 is 0 Å². The van der Waals surface area contributed by atoms with E-state index in [9.17, 15) is 9.59 Å². The number of pyridine rings is 1. The van der Waals surface area contributed by atoms with Gasteiger partial charge in [-0.1, -0.05) is 12.1 Å². The monoisotopic (exact) mass is 492 g/mol. The molecule has 190 valence electrons. The van der Waals surface area contributed by atoms with Gasteiger partial charge in [0.05, 0.1) is 20.2 Å². The minimum atomic E-state index is -0.284. The van der Waals surface area contributed by atoms with Crippen LogP contribution < -0.4 is 21.1 Å². The summed E-state index contributed by atoms with van der Waals surface area (Å²) in [4.78, 5) is 30.3. The van der Waals surface area contributed by atoms with Crippen molar-refractivity contribution in [3.05, 3.63) is 53.3 Å². The zero-order valence-electron chi connectivity index (χ0n) is 20.6. The summed E-state index contributed by atoms with van der Waals surface area (Å²) in [6.07, 6.45) is 3.77. The Kier molecular flexibility index (Phi) is 8.21. The smallest absolute Gasteiger partial charge is 0.270 e. The SMILES string of the molecule is COc1cccc(CNC(=O)c2cc(-c3nnn(CC4CCC(NC(=O)CN)CC4)n3)cc(C)n2)c1. The van der Waals surface area contributed by atoms with E-state index in [0.29, 0.717) is 41.8 Å². The number of rotatable bonds is 9. The number of aryl methyl sites for hydroxylation is 1. The average molecular weight is 493 g/mol. The highest BCUT2D eigenvalue weighted by Gasteiger charge is 2.23. The number of aromatic nitrogens is 5. The standard InChI is InChI=1S/C25H32N8O3/c1-16-10-19(12-22(28-16)25(35)27-14-18-4-3-5-21(11-18)36-2)24-30-32-33(31-24)15-17-6-8-20(9-7-17)29-23(34)13-26/h3-5,10-12,17,20H,6-9,13-15,26H2,1-2H3,(H,27,35)(H,29,34). The molecule has 0 radical (unpaired) electrons. The molecule has 1 aromatic carbocycles. The summed E-state index contributed by atoms with van der Waals surface area (Å²) in [6.45, 7) is 2.86. The molecule has 3 aromatic rings. The van der Waals surface area contributed by atoms with Crippen LogP contribution in [0.25, 0.3) is 11.4 Å². The molecule has 0 aliphatic heterocycles. The molecule has 4 N–H and O–H groups in total. The Morgan fingerprint density at radius 3 is 2.72 bits per heavy atom. The first-order valence-electron chi connectivity index (χ1n) is 12.1. The van der Waals surface area contributed by atoms with Crippen molar-refractivity contribution in [2.24, 2.45) is 11.7 Å². The molecule has 1 aliphatic carbocycles. The molecule has 1 fully saturated rings. The van der Waals surface area contributed by atoms with Crippen LogP contribution in [0.1, 0.15) is 47.4 Å². The summed E-state index contributed by atoms with van der Waals surface area (Å²) in [5.41, 5.74) is 7.98. The van der Waals surface area contributed by atoms with E-state index in [-0.39, 0.29) is 24.4 Å².